The number of hydrogen-bond donors (Lipinski definition) is 3. The Balaban J connectivity index is 2.03. The van der Waals surface area contributed by atoms with E-state index in [9.17, 15) is 4.79 Å². The molecule has 2 aromatic rings. The minimum absolute atomic E-state index is 0.301. The summed E-state index contributed by atoms with van der Waals surface area (Å²) in [5.74, 6) is 0.652. The Hall–Kier alpha value is -2.80. The van der Waals surface area contributed by atoms with Gasteiger partial charge in [0, 0.05) is 11.8 Å². The average Bonchev–Trinajstić information content (AvgIpc) is 2.67. The Labute approximate surface area is 158 Å². The van der Waals surface area contributed by atoms with Gasteiger partial charge in [-0.3, -0.25) is 15.6 Å². The zero-order chi connectivity index (χ0) is 19.1. The van der Waals surface area contributed by atoms with Crippen molar-refractivity contribution in [1.82, 2.24) is 10.9 Å². The molecule has 0 aliphatic heterocycles. The minimum atomic E-state index is -0.367. The molecule has 0 fully saturated rings. The monoisotopic (exact) mass is 373 g/mol. The molecular weight excluding hydrogens is 350 g/mol. The molecule has 3 N–H and O–H groups in total. The summed E-state index contributed by atoms with van der Waals surface area (Å²) in [5.41, 5.74) is 8.84. The highest BCUT2D eigenvalue weighted by Gasteiger charge is 2.14. The van der Waals surface area contributed by atoms with E-state index in [0.717, 1.165) is 23.2 Å². The van der Waals surface area contributed by atoms with Crippen LogP contribution < -0.4 is 25.6 Å². The predicted octanol–water partition coefficient (Wildman–Crippen LogP) is 3.21. The first-order valence-corrected chi connectivity index (χ1v) is 8.58. The van der Waals surface area contributed by atoms with Crippen LogP contribution in [0.5, 0.6) is 11.5 Å². The summed E-state index contributed by atoms with van der Waals surface area (Å²) >= 11 is 5.28. The van der Waals surface area contributed by atoms with E-state index in [4.69, 9.17) is 21.7 Å². The van der Waals surface area contributed by atoms with Crippen molar-refractivity contribution in [2.75, 3.05) is 19.5 Å². The lowest BCUT2D eigenvalue weighted by Crippen LogP contribution is -2.44. The van der Waals surface area contributed by atoms with Crippen molar-refractivity contribution in [1.29, 1.82) is 0 Å². The smallest absolute Gasteiger partial charge is 0.273 e. The van der Waals surface area contributed by atoms with E-state index in [-0.39, 0.29) is 5.91 Å². The number of methoxy groups -OCH3 is 2. The first-order chi connectivity index (χ1) is 12.5. The molecule has 1 amide bonds. The lowest BCUT2D eigenvalue weighted by Gasteiger charge is -2.16. The van der Waals surface area contributed by atoms with Gasteiger partial charge in [0.15, 0.2) is 5.11 Å². The molecule has 7 heteroatoms. The van der Waals surface area contributed by atoms with Gasteiger partial charge in [0.2, 0.25) is 0 Å². The maximum Gasteiger partial charge on any atom is 0.273 e. The van der Waals surface area contributed by atoms with E-state index in [0.29, 0.717) is 22.2 Å². The SMILES string of the molecule is CCc1cccc(C)c1NC(=S)NNC(=O)c1ccc(OC)cc1OC. The van der Waals surface area contributed by atoms with Gasteiger partial charge in [0.25, 0.3) is 5.91 Å². The van der Waals surface area contributed by atoms with Crippen molar-refractivity contribution in [2.24, 2.45) is 0 Å². The van der Waals surface area contributed by atoms with Crippen molar-refractivity contribution in [3.8, 4) is 11.5 Å². The molecule has 0 bridgehead atoms. The summed E-state index contributed by atoms with van der Waals surface area (Å²) in [6.45, 7) is 4.08. The van der Waals surface area contributed by atoms with Crippen LogP contribution in [0.1, 0.15) is 28.4 Å². The summed E-state index contributed by atoms with van der Waals surface area (Å²) in [4.78, 5) is 12.4. The minimum Gasteiger partial charge on any atom is -0.497 e. The number of aryl methyl sites for hydroxylation is 2. The third-order valence-electron chi connectivity index (χ3n) is 3.92. The highest BCUT2D eigenvalue weighted by atomic mass is 32.1. The van der Waals surface area contributed by atoms with Crippen molar-refractivity contribution in [3.05, 3.63) is 53.1 Å². The molecule has 0 saturated carbocycles. The van der Waals surface area contributed by atoms with Crippen molar-refractivity contribution in [2.45, 2.75) is 20.3 Å². The molecule has 26 heavy (non-hydrogen) atoms. The van der Waals surface area contributed by atoms with Gasteiger partial charge in [0.1, 0.15) is 11.5 Å². The third-order valence-corrected chi connectivity index (χ3v) is 4.13. The highest BCUT2D eigenvalue weighted by Crippen LogP contribution is 2.24. The lowest BCUT2D eigenvalue weighted by atomic mass is 10.1. The van der Waals surface area contributed by atoms with Crippen LogP contribution in [0.4, 0.5) is 5.69 Å². The van der Waals surface area contributed by atoms with E-state index in [1.807, 2.05) is 25.1 Å². The van der Waals surface area contributed by atoms with Gasteiger partial charge in [0.05, 0.1) is 19.8 Å². The fraction of sp³-hybridized carbons (Fsp3) is 0.263. The molecule has 0 saturated heterocycles. The summed E-state index contributed by atoms with van der Waals surface area (Å²) in [6, 6.07) is 11.0. The Morgan fingerprint density at radius 3 is 2.54 bits per heavy atom. The van der Waals surface area contributed by atoms with Gasteiger partial charge in [-0.2, -0.15) is 0 Å². The van der Waals surface area contributed by atoms with E-state index < -0.39 is 0 Å². The first-order valence-electron chi connectivity index (χ1n) is 8.18. The van der Waals surface area contributed by atoms with Crippen molar-refractivity contribution in [3.63, 3.8) is 0 Å². The number of thiocarbonyl (C=S) groups is 1. The van der Waals surface area contributed by atoms with E-state index >= 15 is 0 Å². The van der Waals surface area contributed by atoms with Gasteiger partial charge in [-0.15, -0.1) is 0 Å². The predicted molar refractivity (Wildman–Crippen MR) is 107 cm³/mol. The number of amides is 1. The maximum atomic E-state index is 12.4. The molecule has 0 aromatic heterocycles. The lowest BCUT2D eigenvalue weighted by molar-refractivity contribution is 0.0941. The number of rotatable bonds is 5. The zero-order valence-corrected chi connectivity index (χ0v) is 16.1. The molecule has 0 aliphatic carbocycles. The molecule has 6 nitrogen and oxygen atoms in total. The molecular formula is C19H23N3O3S. The molecule has 0 spiro atoms. The Bertz CT molecular complexity index is 809. The van der Waals surface area contributed by atoms with Gasteiger partial charge in [-0.25, -0.2) is 0 Å². The molecule has 0 radical (unpaired) electrons. The normalized spacial score (nSPS) is 10.0. The second-order valence-electron chi connectivity index (χ2n) is 5.56. The second kappa shape index (κ2) is 9.05. The van der Waals surface area contributed by atoms with Gasteiger partial charge >= 0.3 is 0 Å². The summed E-state index contributed by atoms with van der Waals surface area (Å²) < 4.78 is 10.4. The molecule has 0 unspecified atom stereocenters. The zero-order valence-electron chi connectivity index (χ0n) is 15.3. The second-order valence-corrected chi connectivity index (χ2v) is 5.97. The van der Waals surface area contributed by atoms with Gasteiger partial charge in [-0.1, -0.05) is 25.1 Å². The van der Waals surface area contributed by atoms with Crippen LogP contribution in [-0.4, -0.2) is 25.2 Å². The van der Waals surface area contributed by atoms with Crippen molar-refractivity contribution < 1.29 is 14.3 Å². The summed E-state index contributed by atoms with van der Waals surface area (Å²) in [5, 5.41) is 3.44. The van der Waals surface area contributed by atoms with Crippen LogP contribution in [0, 0.1) is 6.92 Å². The number of nitrogens with one attached hydrogen (secondary N) is 3. The third kappa shape index (κ3) is 4.64. The number of para-hydroxylation sites is 1. The van der Waals surface area contributed by atoms with E-state index in [1.54, 1.807) is 25.3 Å². The topological polar surface area (TPSA) is 71.6 Å². The maximum absolute atomic E-state index is 12.4. The molecule has 2 rings (SSSR count). The molecule has 138 valence electrons. The van der Waals surface area contributed by atoms with Gasteiger partial charge in [-0.05, 0) is 48.8 Å². The van der Waals surface area contributed by atoms with Crippen LogP contribution in [-0.2, 0) is 6.42 Å². The number of hydrazine groups is 1. The number of ether oxygens (including phenoxy) is 2. The number of carbonyl (C=O) groups is 1. The van der Waals surface area contributed by atoms with Crippen LogP contribution >= 0.6 is 12.2 Å². The average molecular weight is 373 g/mol. The molecule has 2 aromatic carbocycles. The van der Waals surface area contributed by atoms with E-state index in [1.165, 1.54) is 7.11 Å². The number of hydrogen-bond acceptors (Lipinski definition) is 4. The quantitative estimate of drug-likeness (QED) is 0.552. The van der Waals surface area contributed by atoms with E-state index in [2.05, 4.69) is 23.1 Å². The number of benzene rings is 2. The number of anilines is 1. The fourth-order valence-corrected chi connectivity index (χ4v) is 2.67. The highest BCUT2D eigenvalue weighted by molar-refractivity contribution is 7.80. The van der Waals surface area contributed by atoms with Crippen molar-refractivity contribution >= 4 is 28.9 Å². The standard InChI is InChI=1S/C19H23N3O3S/c1-5-13-8-6-7-12(2)17(13)20-19(26)22-21-18(23)15-10-9-14(24-3)11-16(15)25-4/h6-11H,5H2,1-4H3,(H,21,23)(H2,20,22,26). The Kier molecular flexibility index (Phi) is 6.80. The largest absolute Gasteiger partial charge is 0.497 e. The fourth-order valence-electron chi connectivity index (χ4n) is 2.51. The summed E-state index contributed by atoms with van der Waals surface area (Å²) in [6.07, 6.45) is 0.877. The van der Waals surface area contributed by atoms with Gasteiger partial charge < -0.3 is 14.8 Å². The first kappa shape index (κ1) is 19.5. The Morgan fingerprint density at radius 2 is 1.88 bits per heavy atom. The number of carbonyl (C=O) groups excluding carboxylic acids is 1. The summed E-state index contributed by atoms with van der Waals surface area (Å²) in [7, 11) is 3.05. The van der Waals surface area contributed by atoms with Crippen LogP contribution in [0.3, 0.4) is 0 Å². The molecule has 0 aliphatic rings. The Morgan fingerprint density at radius 1 is 1.12 bits per heavy atom. The van der Waals surface area contributed by atoms with Crippen LogP contribution in [0.25, 0.3) is 0 Å². The molecule has 0 atom stereocenters. The van der Waals surface area contributed by atoms with Crippen LogP contribution in [0.15, 0.2) is 36.4 Å². The molecule has 0 heterocycles. The van der Waals surface area contributed by atoms with Crippen LogP contribution in [0.2, 0.25) is 0 Å².